The van der Waals surface area contributed by atoms with Crippen molar-refractivity contribution in [3.8, 4) is 0 Å². The van der Waals surface area contributed by atoms with Crippen molar-refractivity contribution in [2.24, 2.45) is 5.14 Å². The summed E-state index contributed by atoms with van der Waals surface area (Å²) in [6, 6.07) is 14.5. The number of nitrogens with zero attached hydrogens (tertiary/aromatic N) is 1. The maximum absolute atomic E-state index is 12.2. The number of primary sulfonamides is 1. The second-order valence-electron chi connectivity index (χ2n) is 5.02. The first-order valence-electron chi connectivity index (χ1n) is 6.70. The van der Waals surface area contributed by atoms with Gasteiger partial charge in [-0.25, -0.2) is 13.6 Å². The number of carbonyl (C=O) groups is 1. The van der Waals surface area contributed by atoms with Crippen LogP contribution in [0.2, 0.25) is 0 Å². The molecular formula is C15H13N3O3S2. The Kier molecular flexibility index (Phi) is 3.88. The fraction of sp³-hybridized carbons (Fsp3) is 0.0667. The minimum atomic E-state index is -3.77. The average molecular weight is 347 g/mol. The molecule has 1 unspecified atom stereocenters. The van der Waals surface area contributed by atoms with Crippen molar-refractivity contribution in [2.45, 2.75) is 10.9 Å². The van der Waals surface area contributed by atoms with E-state index < -0.39 is 16.1 Å². The summed E-state index contributed by atoms with van der Waals surface area (Å²) in [5.41, 5.74) is 1.40. The zero-order valence-corrected chi connectivity index (χ0v) is 13.5. The van der Waals surface area contributed by atoms with Gasteiger partial charge in [-0.15, -0.1) is 0 Å². The van der Waals surface area contributed by atoms with Crippen LogP contribution in [0.3, 0.4) is 0 Å². The molecular weight excluding hydrogens is 334 g/mol. The summed E-state index contributed by atoms with van der Waals surface area (Å²) in [5.74, 6) is -0.225. The highest BCUT2D eigenvalue weighted by molar-refractivity contribution is 7.89. The van der Waals surface area contributed by atoms with Crippen LogP contribution in [-0.4, -0.2) is 19.4 Å². The van der Waals surface area contributed by atoms with Gasteiger partial charge in [0.25, 0.3) is 5.91 Å². The maximum atomic E-state index is 12.2. The third-order valence-corrected chi connectivity index (χ3v) is 4.74. The van der Waals surface area contributed by atoms with Crippen molar-refractivity contribution in [2.75, 3.05) is 4.90 Å². The second kappa shape index (κ2) is 5.73. The number of benzene rings is 2. The molecule has 0 radical (unpaired) electrons. The quantitative estimate of drug-likeness (QED) is 0.817. The Balaban J connectivity index is 2.02. The van der Waals surface area contributed by atoms with Crippen molar-refractivity contribution >= 4 is 38.9 Å². The SMILES string of the molecule is NS(=O)(=O)c1ccc(N2C(=S)NC(=O)C2c2ccccc2)cc1. The number of hydrogen-bond acceptors (Lipinski definition) is 4. The van der Waals surface area contributed by atoms with Gasteiger partial charge in [-0.2, -0.15) is 0 Å². The molecule has 1 aliphatic rings. The Morgan fingerprint density at radius 1 is 1.04 bits per heavy atom. The minimum absolute atomic E-state index is 0.00177. The first kappa shape index (κ1) is 15.6. The van der Waals surface area contributed by atoms with Crippen LogP contribution in [0.5, 0.6) is 0 Å². The lowest BCUT2D eigenvalue weighted by atomic mass is 10.1. The van der Waals surface area contributed by atoms with Crippen LogP contribution in [0, 0.1) is 0 Å². The molecule has 0 aromatic heterocycles. The number of hydrogen-bond donors (Lipinski definition) is 2. The number of thiocarbonyl (C=S) groups is 1. The zero-order chi connectivity index (χ0) is 16.6. The van der Waals surface area contributed by atoms with Crippen molar-refractivity contribution in [1.29, 1.82) is 0 Å². The van der Waals surface area contributed by atoms with Crippen LogP contribution in [0.4, 0.5) is 5.69 Å². The Morgan fingerprint density at radius 3 is 2.22 bits per heavy atom. The van der Waals surface area contributed by atoms with Gasteiger partial charge in [-0.05, 0) is 42.0 Å². The monoisotopic (exact) mass is 347 g/mol. The minimum Gasteiger partial charge on any atom is -0.302 e. The van der Waals surface area contributed by atoms with Gasteiger partial charge in [0.1, 0.15) is 6.04 Å². The summed E-state index contributed by atoms with van der Waals surface area (Å²) < 4.78 is 22.7. The van der Waals surface area contributed by atoms with Crippen LogP contribution in [-0.2, 0) is 14.8 Å². The molecule has 1 atom stereocenters. The standard InChI is InChI=1S/C15H13N3O3S2/c16-23(20,21)12-8-6-11(7-9-12)18-13(14(19)17-15(18)22)10-4-2-1-3-5-10/h1-9,13H,(H2,16,20,21)(H,17,19,22). The van der Waals surface area contributed by atoms with E-state index in [9.17, 15) is 13.2 Å². The smallest absolute Gasteiger partial charge is 0.253 e. The highest BCUT2D eigenvalue weighted by Crippen LogP contribution is 2.31. The van der Waals surface area contributed by atoms with Crippen molar-refractivity contribution < 1.29 is 13.2 Å². The molecule has 0 saturated carbocycles. The lowest BCUT2D eigenvalue weighted by Crippen LogP contribution is -2.29. The Labute approximate surface area is 139 Å². The van der Waals surface area contributed by atoms with E-state index in [1.807, 2.05) is 30.3 Å². The molecule has 3 N–H and O–H groups in total. The summed E-state index contributed by atoms with van der Waals surface area (Å²) in [6.07, 6.45) is 0. The molecule has 6 nitrogen and oxygen atoms in total. The molecule has 118 valence electrons. The third-order valence-electron chi connectivity index (χ3n) is 3.51. The molecule has 1 aliphatic heterocycles. The van der Waals surface area contributed by atoms with E-state index in [-0.39, 0.29) is 15.9 Å². The Hall–Kier alpha value is -2.29. The fourth-order valence-electron chi connectivity index (χ4n) is 2.47. The van der Waals surface area contributed by atoms with Gasteiger partial charge >= 0.3 is 0 Å². The molecule has 2 aromatic carbocycles. The number of amides is 1. The topological polar surface area (TPSA) is 92.5 Å². The van der Waals surface area contributed by atoms with Crippen molar-refractivity contribution in [3.05, 3.63) is 60.2 Å². The molecule has 1 fully saturated rings. The lowest BCUT2D eigenvalue weighted by Gasteiger charge is -2.24. The summed E-state index contributed by atoms with van der Waals surface area (Å²) in [4.78, 5) is 13.9. The Bertz CT molecular complexity index is 865. The number of nitrogens with one attached hydrogen (secondary N) is 1. The molecule has 23 heavy (non-hydrogen) atoms. The van der Waals surface area contributed by atoms with Crippen molar-refractivity contribution in [3.63, 3.8) is 0 Å². The largest absolute Gasteiger partial charge is 0.302 e. The second-order valence-corrected chi connectivity index (χ2v) is 6.96. The average Bonchev–Trinajstić information content (AvgIpc) is 2.82. The van der Waals surface area contributed by atoms with Crippen molar-refractivity contribution in [1.82, 2.24) is 5.32 Å². The van der Waals surface area contributed by atoms with Crippen LogP contribution >= 0.6 is 12.2 Å². The molecule has 3 rings (SSSR count). The normalized spacial score (nSPS) is 18.1. The predicted molar refractivity (Wildman–Crippen MR) is 90.2 cm³/mol. The van der Waals surface area contributed by atoms with Gasteiger partial charge in [0.2, 0.25) is 10.0 Å². The van der Waals surface area contributed by atoms with E-state index in [1.54, 1.807) is 17.0 Å². The van der Waals surface area contributed by atoms with Crippen LogP contribution in [0.1, 0.15) is 11.6 Å². The molecule has 0 spiro atoms. The van der Waals surface area contributed by atoms with E-state index in [2.05, 4.69) is 5.32 Å². The third kappa shape index (κ3) is 2.96. The van der Waals surface area contributed by atoms with E-state index >= 15 is 0 Å². The first-order chi connectivity index (χ1) is 10.9. The molecule has 0 aliphatic carbocycles. The predicted octanol–water partition coefficient (Wildman–Crippen LogP) is 1.30. The highest BCUT2D eigenvalue weighted by Gasteiger charge is 2.37. The molecule has 2 aromatic rings. The Morgan fingerprint density at radius 2 is 1.65 bits per heavy atom. The van der Waals surface area contributed by atoms with E-state index in [0.717, 1.165) is 5.56 Å². The molecule has 8 heteroatoms. The zero-order valence-electron chi connectivity index (χ0n) is 11.8. The van der Waals surface area contributed by atoms with Crippen LogP contribution in [0.25, 0.3) is 0 Å². The highest BCUT2D eigenvalue weighted by atomic mass is 32.2. The molecule has 0 bridgehead atoms. The lowest BCUT2D eigenvalue weighted by molar-refractivity contribution is -0.119. The number of carbonyl (C=O) groups excluding carboxylic acids is 1. The number of nitrogens with two attached hydrogens (primary N) is 1. The number of rotatable bonds is 3. The molecule has 1 heterocycles. The van der Waals surface area contributed by atoms with E-state index in [1.165, 1.54) is 12.1 Å². The van der Waals surface area contributed by atoms with Gasteiger partial charge in [-0.1, -0.05) is 30.3 Å². The summed E-state index contributed by atoms with van der Waals surface area (Å²) in [5, 5.41) is 8.00. The number of anilines is 1. The molecule has 1 amide bonds. The maximum Gasteiger partial charge on any atom is 0.253 e. The van der Waals surface area contributed by atoms with Crippen LogP contribution < -0.4 is 15.4 Å². The number of sulfonamides is 1. The van der Waals surface area contributed by atoms with Gasteiger partial charge in [0.15, 0.2) is 5.11 Å². The summed E-state index contributed by atoms with van der Waals surface area (Å²) in [6.45, 7) is 0. The van der Waals surface area contributed by atoms with E-state index in [0.29, 0.717) is 5.69 Å². The summed E-state index contributed by atoms with van der Waals surface area (Å²) >= 11 is 5.23. The molecule has 1 saturated heterocycles. The summed E-state index contributed by atoms with van der Waals surface area (Å²) in [7, 11) is -3.77. The van der Waals surface area contributed by atoms with Gasteiger partial charge in [0.05, 0.1) is 4.90 Å². The van der Waals surface area contributed by atoms with Gasteiger partial charge in [-0.3, -0.25) is 4.79 Å². The van der Waals surface area contributed by atoms with Gasteiger partial charge in [0, 0.05) is 5.69 Å². The fourth-order valence-corrected chi connectivity index (χ4v) is 3.29. The van der Waals surface area contributed by atoms with Gasteiger partial charge < -0.3 is 10.2 Å². The van der Waals surface area contributed by atoms with E-state index in [4.69, 9.17) is 17.4 Å². The van der Waals surface area contributed by atoms with Crippen LogP contribution in [0.15, 0.2) is 59.5 Å². The first-order valence-corrected chi connectivity index (χ1v) is 8.65.